The molecule has 5 N–H and O–H groups in total. The topological polar surface area (TPSA) is 165 Å². The summed E-state index contributed by atoms with van der Waals surface area (Å²) in [6, 6.07) is 6.26. The Morgan fingerprint density at radius 1 is 0.941 bits per heavy atom. The average molecular weight is 732 g/mol. The van der Waals surface area contributed by atoms with Gasteiger partial charge in [-0.05, 0) is 55.7 Å². The number of carbonyl (C=O) groups is 3. The van der Waals surface area contributed by atoms with Crippen LogP contribution in [0, 0.1) is 12.3 Å². The number of nitrogens with zero attached hydrogens (tertiary/aromatic N) is 2. The van der Waals surface area contributed by atoms with Crippen LogP contribution >= 0.6 is 11.3 Å². The maximum absolute atomic E-state index is 13.9. The van der Waals surface area contributed by atoms with E-state index >= 15 is 0 Å². The van der Waals surface area contributed by atoms with Crippen molar-refractivity contribution in [2.75, 3.05) is 52.7 Å². The van der Waals surface area contributed by atoms with Crippen LogP contribution in [0.15, 0.2) is 29.8 Å². The minimum atomic E-state index is -0.844. The number of benzene rings is 1. The Balaban J connectivity index is 1.34. The van der Waals surface area contributed by atoms with E-state index in [0.717, 1.165) is 73.4 Å². The van der Waals surface area contributed by atoms with E-state index in [-0.39, 0.29) is 37.1 Å². The van der Waals surface area contributed by atoms with Gasteiger partial charge in [0.1, 0.15) is 12.1 Å². The summed E-state index contributed by atoms with van der Waals surface area (Å²) in [5.41, 5.74) is 9.68. The van der Waals surface area contributed by atoms with Crippen molar-refractivity contribution in [2.45, 2.75) is 110 Å². The molecule has 0 spiro atoms. The number of hydrogen-bond donors (Lipinski definition) is 4. The molecule has 1 saturated heterocycles. The van der Waals surface area contributed by atoms with Gasteiger partial charge in [0.05, 0.1) is 48.6 Å². The number of aliphatic hydroxyl groups is 1. The largest absolute Gasteiger partial charge is 0.391 e. The first-order valence-electron chi connectivity index (χ1n) is 18.5. The number of carbonyl (C=O) groups excluding carboxylic acids is 3. The molecular formula is C38H61N5O7S. The lowest BCUT2D eigenvalue weighted by Crippen LogP contribution is -2.57. The molecule has 1 aliphatic heterocycles. The number of nitrogens with one attached hydrogen (secondary N) is 2. The summed E-state index contributed by atoms with van der Waals surface area (Å²) in [5.74, 6) is -0.908. The Kier molecular flexibility index (Phi) is 19.1. The fourth-order valence-corrected chi connectivity index (χ4v) is 6.74. The van der Waals surface area contributed by atoms with Crippen LogP contribution in [-0.2, 0) is 35.1 Å². The molecule has 0 radical (unpaired) electrons. The third-order valence-corrected chi connectivity index (χ3v) is 9.87. The first kappa shape index (κ1) is 42.5. The Bertz CT molecular complexity index is 1320. The van der Waals surface area contributed by atoms with Gasteiger partial charge in [-0.1, -0.05) is 64.3 Å². The number of aliphatic hydroxyl groups excluding tert-OH is 1. The number of nitrogens with two attached hydrogens (primary N) is 1. The van der Waals surface area contributed by atoms with Crippen LogP contribution in [0.2, 0.25) is 0 Å². The third-order valence-electron chi connectivity index (χ3n) is 8.89. The Labute approximate surface area is 308 Å². The van der Waals surface area contributed by atoms with E-state index < -0.39 is 23.6 Å². The van der Waals surface area contributed by atoms with Gasteiger partial charge in [-0.3, -0.25) is 14.4 Å². The van der Waals surface area contributed by atoms with Crippen molar-refractivity contribution in [1.82, 2.24) is 20.5 Å². The Morgan fingerprint density at radius 2 is 1.55 bits per heavy atom. The normalized spacial score (nSPS) is 16.7. The summed E-state index contributed by atoms with van der Waals surface area (Å²) in [7, 11) is 0. The molecule has 12 nitrogen and oxygen atoms in total. The van der Waals surface area contributed by atoms with E-state index in [1.54, 1.807) is 11.3 Å². The molecule has 0 unspecified atom stereocenters. The molecule has 0 saturated carbocycles. The number of amides is 3. The molecule has 51 heavy (non-hydrogen) atoms. The molecule has 2 aromatic rings. The monoisotopic (exact) mass is 731 g/mol. The number of aromatic nitrogens is 1. The minimum Gasteiger partial charge on any atom is -0.391 e. The van der Waals surface area contributed by atoms with Crippen LogP contribution in [0.4, 0.5) is 0 Å². The highest BCUT2D eigenvalue weighted by atomic mass is 32.1. The zero-order chi connectivity index (χ0) is 37.1. The Morgan fingerprint density at radius 3 is 2.14 bits per heavy atom. The number of β-amino-alcohol motifs (C(OH)–C–C–N with tert-alkyl or cyclic N) is 1. The van der Waals surface area contributed by atoms with E-state index in [4.69, 9.17) is 19.9 Å². The molecule has 1 aromatic heterocycles. The maximum Gasteiger partial charge on any atom is 0.246 e. The van der Waals surface area contributed by atoms with Gasteiger partial charge < -0.3 is 40.6 Å². The van der Waals surface area contributed by atoms with Crippen molar-refractivity contribution in [2.24, 2.45) is 11.1 Å². The minimum absolute atomic E-state index is 0.0387. The quantitative estimate of drug-likeness (QED) is 0.115. The van der Waals surface area contributed by atoms with E-state index in [1.165, 1.54) is 4.90 Å². The molecule has 3 amide bonds. The number of likely N-dealkylation sites (tertiary alicyclic amines) is 1. The smallest absolute Gasteiger partial charge is 0.246 e. The van der Waals surface area contributed by atoms with Gasteiger partial charge in [0.15, 0.2) is 0 Å². The van der Waals surface area contributed by atoms with E-state index in [1.807, 2.05) is 57.5 Å². The van der Waals surface area contributed by atoms with E-state index in [2.05, 4.69) is 15.6 Å². The summed E-state index contributed by atoms with van der Waals surface area (Å²) < 4.78 is 16.7. The van der Waals surface area contributed by atoms with Crippen LogP contribution in [0.3, 0.4) is 0 Å². The number of rotatable bonds is 24. The standard InChI is InChI=1S/C38H61N5O7S/c1-28-34(51-27-41-28)30-15-13-29(14-16-30)25-40-36(46)32-24-31(44)26-43(32)37(47)35(38(2,3)4)42-33(45)12-8-7-11-19-49-21-23-50-22-20-48-18-10-6-5-9-17-39/h13-16,27,31-32,35,44H,5-12,17-26,39H2,1-4H3,(H,40,46)(H,42,45)/t31-,32+,35-/m1/s1. The summed E-state index contributed by atoms with van der Waals surface area (Å²) >= 11 is 1.59. The summed E-state index contributed by atoms with van der Waals surface area (Å²) in [6.45, 7) is 12.2. The van der Waals surface area contributed by atoms with Gasteiger partial charge in [-0.2, -0.15) is 0 Å². The van der Waals surface area contributed by atoms with E-state index in [0.29, 0.717) is 46.0 Å². The van der Waals surface area contributed by atoms with Crippen molar-refractivity contribution in [3.63, 3.8) is 0 Å². The van der Waals surface area contributed by atoms with Crippen molar-refractivity contribution < 1.29 is 33.7 Å². The second-order valence-electron chi connectivity index (χ2n) is 14.3. The molecule has 1 aromatic carbocycles. The second-order valence-corrected chi connectivity index (χ2v) is 15.1. The molecule has 3 rings (SSSR count). The van der Waals surface area contributed by atoms with Crippen LogP contribution < -0.4 is 16.4 Å². The molecular weight excluding hydrogens is 671 g/mol. The van der Waals surface area contributed by atoms with Crippen molar-refractivity contribution >= 4 is 29.1 Å². The number of thiazole rings is 1. The van der Waals surface area contributed by atoms with Gasteiger partial charge in [-0.25, -0.2) is 4.98 Å². The van der Waals surface area contributed by atoms with Gasteiger partial charge in [0.25, 0.3) is 0 Å². The van der Waals surface area contributed by atoms with Gasteiger partial charge >= 0.3 is 0 Å². The average Bonchev–Trinajstić information content (AvgIpc) is 3.72. The number of unbranched alkanes of at least 4 members (excludes halogenated alkanes) is 5. The fourth-order valence-electron chi connectivity index (χ4n) is 5.92. The number of hydrogen-bond acceptors (Lipinski definition) is 10. The van der Waals surface area contributed by atoms with E-state index in [9.17, 15) is 19.5 Å². The zero-order valence-electron chi connectivity index (χ0n) is 31.1. The molecule has 0 bridgehead atoms. The lowest BCUT2D eigenvalue weighted by molar-refractivity contribution is -0.144. The van der Waals surface area contributed by atoms with Gasteiger partial charge in [0, 0.05) is 39.1 Å². The number of ether oxygens (including phenoxy) is 3. The lowest BCUT2D eigenvalue weighted by atomic mass is 9.85. The van der Waals surface area contributed by atoms with Crippen molar-refractivity contribution in [3.8, 4) is 10.4 Å². The summed E-state index contributed by atoms with van der Waals surface area (Å²) in [4.78, 5) is 47.0. The van der Waals surface area contributed by atoms with Gasteiger partial charge in [0.2, 0.25) is 17.7 Å². The summed E-state index contributed by atoms with van der Waals surface area (Å²) in [6.07, 6.45) is 6.33. The van der Waals surface area contributed by atoms with Crippen LogP contribution in [0.5, 0.6) is 0 Å². The molecule has 286 valence electrons. The second kappa shape index (κ2) is 22.9. The lowest BCUT2D eigenvalue weighted by Gasteiger charge is -2.35. The molecule has 13 heteroatoms. The van der Waals surface area contributed by atoms with Crippen molar-refractivity contribution in [1.29, 1.82) is 0 Å². The predicted octanol–water partition coefficient (Wildman–Crippen LogP) is 4.36. The van der Waals surface area contributed by atoms with Gasteiger partial charge in [-0.15, -0.1) is 11.3 Å². The first-order chi connectivity index (χ1) is 24.5. The highest BCUT2D eigenvalue weighted by Gasteiger charge is 2.44. The fraction of sp³-hybridized carbons (Fsp3) is 0.684. The highest BCUT2D eigenvalue weighted by Crippen LogP contribution is 2.28. The third kappa shape index (κ3) is 15.3. The first-order valence-corrected chi connectivity index (χ1v) is 19.4. The maximum atomic E-state index is 13.9. The predicted molar refractivity (Wildman–Crippen MR) is 200 cm³/mol. The Hall–Kier alpha value is -2.94. The van der Waals surface area contributed by atoms with Crippen molar-refractivity contribution in [3.05, 3.63) is 41.0 Å². The summed E-state index contributed by atoms with van der Waals surface area (Å²) in [5, 5.41) is 16.4. The van der Waals surface area contributed by atoms with Crippen LogP contribution in [0.1, 0.15) is 89.8 Å². The zero-order valence-corrected chi connectivity index (χ0v) is 31.9. The van der Waals surface area contributed by atoms with Crippen LogP contribution in [0.25, 0.3) is 10.4 Å². The molecule has 1 fully saturated rings. The molecule has 0 aliphatic carbocycles. The van der Waals surface area contributed by atoms with Crippen LogP contribution in [-0.4, -0.2) is 104 Å². The SMILES string of the molecule is Cc1ncsc1-c1ccc(CNC(=O)[C@@H]2C[C@@H](O)CN2C(=O)[C@@H](NC(=O)CCCCCOCCOCCOCCCCCCN)C(C)(C)C)cc1. The molecule has 3 atom stereocenters. The molecule has 2 heterocycles. The number of aryl methyl sites for hydroxylation is 1. The molecule has 1 aliphatic rings. The highest BCUT2D eigenvalue weighted by molar-refractivity contribution is 7.13.